The Balaban J connectivity index is 3.19. The molecule has 0 spiro atoms. The Bertz CT molecular complexity index is 310. The highest BCUT2D eigenvalue weighted by Crippen LogP contribution is 2.32. The van der Waals surface area contributed by atoms with Gasteiger partial charge in [-0.1, -0.05) is 19.1 Å². The summed E-state index contributed by atoms with van der Waals surface area (Å²) in [6.07, 6.45) is 0.907. The Morgan fingerprint density at radius 1 is 1.54 bits per heavy atom. The molecule has 13 heavy (non-hydrogen) atoms. The van der Waals surface area contributed by atoms with E-state index in [1.54, 1.807) is 7.11 Å². The minimum absolute atomic E-state index is 0.132. The van der Waals surface area contributed by atoms with Gasteiger partial charge in [-0.2, -0.15) is 0 Å². The average Bonchev–Trinajstić information content (AvgIpc) is 2.16. The number of aldehydes is 1. The van der Waals surface area contributed by atoms with Crippen LogP contribution in [0.5, 0.6) is 5.75 Å². The summed E-state index contributed by atoms with van der Waals surface area (Å²) < 4.78 is 6.07. The highest BCUT2D eigenvalue weighted by atomic mass is 79.9. The number of hydrogen-bond donors (Lipinski definition) is 0. The van der Waals surface area contributed by atoms with E-state index >= 15 is 0 Å². The number of ether oxygens (including phenoxy) is 1. The lowest BCUT2D eigenvalue weighted by molar-refractivity contribution is -0.108. The first kappa shape index (κ1) is 10.3. The van der Waals surface area contributed by atoms with E-state index in [2.05, 4.69) is 15.9 Å². The van der Waals surface area contributed by atoms with Crippen LogP contribution in [0.15, 0.2) is 22.7 Å². The van der Waals surface area contributed by atoms with Crippen LogP contribution in [0.2, 0.25) is 0 Å². The van der Waals surface area contributed by atoms with Crippen LogP contribution in [0.25, 0.3) is 0 Å². The highest BCUT2D eigenvalue weighted by molar-refractivity contribution is 9.10. The maximum Gasteiger partial charge on any atom is 0.136 e. The fourth-order valence-electron chi connectivity index (χ4n) is 1.17. The molecule has 1 unspecified atom stereocenters. The summed E-state index contributed by atoms with van der Waals surface area (Å²) >= 11 is 3.36. The zero-order valence-electron chi connectivity index (χ0n) is 7.58. The Hall–Kier alpha value is -0.830. The second-order valence-corrected chi connectivity index (χ2v) is 3.64. The molecule has 1 aromatic carbocycles. The van der Waals surface area contributed by atoms with Gasteiger partial charge in [-0.15, -0.1) is 0 Å². The second-order valence-electron chi connectivity index (χ2n) is 2.79. The predicted octanol–water partition coefficient (Wildman–Crippen LogP) is 2.76. The summed E-state index contributed by atoms with van der Waals surface area (Å²) in [7, 11) is 1.60. The zero-order valence-corrected chi connectivity index (χ0v) is 9.17. The molecule has 0 N–H and O–H groups in total. The lowest BCUT2D eigenvalue weighted by atomic mass is 10.0. The molecule has 0 heterocycles. The van der Waals surface area contributed by atoms with Gasteiger partial charge >= 0.3 is 0 Å². The molecule has 2 nitrogen and oxygen atoms in total. The van der Waals surface area contributed by atoms with Crippen molar-refractivity contribution in [3.05, 3.63) is 28.2 Å². The number of benzene rings is 1. The van der Waals surface area contributed by atoms with E-state index in [0.29, 0.717) is 0 Å². The number of hydrogen-bond acceptors (Lipinski definition) is 2. The summed E-state index contributed by atoms with van der Waals surface area (Å²) in [5.41, 5.74) is 0.909. The van der Waals surface area contributed by atoms with Crippen LogP contribution in [0.4, 0.5) is 0 Å². The molecule has 0 amide bonds. The second kappa shape index (κ2) is 4.42. The Kier molecular flexibility index (Phi) is 3.48. The third-order valence-corrected chi connectivity index (χ3v) is 2.52. The van der Waals surface area contributed by atoms with Crippen molar-refractivity contribution in [3.63, 3.8) is 0 Å². The normalized spacial score (nSPS) is 12.2. The third-order valence-electron chi connectivity index (χ3n) is 1.90. The van der Waals surface area contributed by atoms with Gasteiger partial charge in [0.15, 0.2) is 0 Å². The SMILES string of the molecule is COc1c(Br)cccc1C(C)C=O. The van der Waals surface area contributed by atoms with Gasteiger partial charge in [-0.25, -0.2) is 0 Å². The molecule has 0 saturated heterocycles. The number of halogens is 1. The Morgan fingerprint density at radius 2 is 2.23 bits per heavy atom. The fourth-order valence-corrected chi connectivity index (χ4v) is 1.72. The van der Waals surface area contributed by atoms with E-state index in [1.165, 1.54) is 0 Å². The van der Waals surface area contributed by atoms with Crippen molar-refractivity contribution in [3.8, 4) is 5.75 Å². The predicted molar refractivity (Wildman–Crippen MR) is 55.2 cm³/mol. The molecule has 0 saturated carbocycles. The topological polar surface area (TPSA) is 26.3 Å². The number of para-hydroxylation sites is 1. The molecule has 0 aromatic heterocycles. The van der Waals surface area contributed by atoms with E-state index in [0.717, 1.165) is 22.1 Å². The lowest BCUT2D eigenvalue weighted by Crippen LogP contribution is -1.98. The molecule has 0 aliphatic carbocycles. The van der Waals surface area contributed by atoms with Crippen molar-refractivity contribution in [1.82, 2.24) is 0 Å². The molecule has 0 aliphatic rings. The van der Waals surface area contributed by atoms with Crippen molar-refractivity contribution >= 4 is 22.2 Å². The minimum Gasteiger partial charge on any atom is -0.495 e. The summed E-state index contributed by atoms with van der Waals surface area (Å²) in [5.74, 6) is 0.606. The maximum absolute atomic E-state index is 10.6. The summed E-state index contributed by atoms with van der Waals surface area (Å²) in [6, 6.07) is 5.67. The minimum atomic E-state index is -0.132. The van der Waals surface area contributed by atoms with Gasteiger partial charge in [0.2, 0.25) is 0 Å². The quantitative estimate of drug-likeness (QED) is 0.763. The fraction of sp³-hybridized carbons (Fsp3) is 0.300. The summed E-state index contributed by atoms with van der Waals surface area (Å²) in [4.78, 5) is 10.6. The van der Waals surface area contributed by atoms with E-state index in [9.17, 15) is 4.79 Å². The molecule has 1 atom stereocenters. The van der Waals surface area contributed by atoms with Crippen LogP contribution < -0.4 is 4.74 Å². The van der Waals surface area contributed by atoms with E-state index in [-0.39, 0.29) is 5.92 Å². The molecule has 0 bridgehead atoms. The van der Waals surface area contributed by atoms with Crippen LogP contribution >= 0.6 is 15.9 Å². The van der Waals surface area contributed by atoms with Crippen LogP contribution in [-0.2, 0) is 4.79 Å². The summed E-state index contributed by atoms with van der Waals surface area (Å²) in [6.45, 7) is 1.84. The highest BCUT2D eigenvalue weighted by Gasteiger charge is 2.12. The molecule has 3 heteroatoms. The molecular weight excluding hydrogens is 232 g/mol. The van der Waals surface area contributed by atoms with Crippen molar-refractivity contribution < 1.29 is 9.53 Å². The molecule has 0 aliphatic heterocycles. The van der Waals surface area contributed by atoms with Crippen LogP contribution in [0.3, 0.4) is 0 Å². The van der Waals surface area contributed by atoms with Crippen molar-refractivity contribution in [2.24, 2.45) is 0 Å². The number of rotatable bonds is 3. The monoisotopic (exact) mass is 242 g/mol. The van der Waals surface area contributed by atoms with Gasteiger partial charge in [-0.3, -0.25) is 0 Å². The van der Waals surface area contributed by atoms with E-state index in [1.807, 2.05) is 25.1 Å². The van der Waals surface area contributed by atoms with Gasteiger partial charge in [0, 0.05) is 11.5 Å². The standard InChI is InChI=1S/C10H11BrO2/c1-7(6-12)8-4-3-5-9(11)10(8)13-2/h3-7H,1-2H3. The van der Waals surface area contributed by atoms with Crippen molar-refractivity contribution in [1.29, 1.82) is 0 Å². The molecule has 70 valence electrons. The van der Waals surface area contributed by atoms with Crippen molar-refractivity contribution in [2.45, 2.75) is 12.8 Å². The smallest absolute Gasteiger partial charge is 0.136 e. The first-order chi connectivity index (χ1) is 6.20. The zero-order chi connectivity index (χ0) is 9.84. The Morgan fingerprint density at radius 3 is 2.77 bits per heavy atom. The molecular formula is C10H11BrO2. The van der Waals surface area contributed by atoms with Gasteiger partial charge in [0.25, 0.3) is 0 Å². The van der Waals surface area contributed by atoms with Gasteiger partial charge in [-0.05, 0) is 22.0 Å². The Labute approximate surface area is 86.0 Å². The van der Waals surface area contributed by atoms with Crippen LogP contribution in [0, 0.1) is 0 Å². The van der Waals surface area contributed by atoms with Gasteiger partial charge in [0.05, 0.1) is 11.6 Å². The van der Waals surface area contributed by atoms with Crippen molar-refractivity contribution in [2.75, 3.05) is 7.11 Å². The molecule has 0 radical (unpaired) electrons. The first-order valence-electron chi connectivity index (χ1n) is 3.98. The average molecular weight is 243 g/mol. The lowest BCUT2D eigenvalue weighted by Gasteiger charge is -2.11. The maximum atomic E-state index is 10.6. The van der Waals surface area contributed by atoms with Gasteiger partial charge in [0.1, 0.15) is 12.0 Å². The van der Waals surface area contributed by atoms with Gasteiger partial charge < -0.3 is 9.53 Å². The number of methoxy groups -OCH3 is 1. The molecule has 0 fully saturated rings. The molecule has 1 rings (SSSR count). The number of carbonyl (C=O) groups excluding carboxylic acids is 1. The number of carbonyl (C=O) groups is 1. The van der Waals surface area contributed by atoms with E-state index in [4.69, 9.17) is 4.74 Å². The van der Waals surface area contributed by atoms with Crippen LogP contribution in [-0.4, -0.2) is 13.4 Å². The van der Waals surface area contributed by atoms with E-state index < -0.39 is 0 Å². The molecule has 1 aromatic rings. The largest absolute Gasteiger partial charge is 0.495 e. The first-order valence-corrected chi connectivity index (χ1v) is 4.77. The third kappa shape index (κ3) is 2.10. The van der Waals surface area contributed by atoms with Crippen LogP contribution in [0.1, 0.15) is 18.4 Å². The summed E-state index contributed by atoms with van der Waals surface area (Å²) in [5, 5.41) is 0.